The number of nitrogens with one attached hydrogen (secondary N) is 1. The van der Waals surface area contributed by atoms with Crippen LogP contribution in [0.1, 0.15) is 25.0 Å². The highest BCUT2D eigenvalue weighted by Crippen LogP contribution is 2.30. The van der Waals surface area contributed by atoms with Gasteiger partial charge >= 0.3 is 0 Å². The Kier molecular flexibility index (Phi) is 4.77. The first-order valence-electron chi connectivity index (χ1n) is 7.98. The summed E-state index contributed by atoms with van der Waals surface area (Å²) in [5.74, 6) is -0.266. The predicted octanol–water partition coefficient (Wildman–Crippen LogP) is 5.44. The molecule has 0 atom stereocenters. The molecule has 130 valence electrons. The average Bonchev–Trinajstić information content (AvgIpc) is 2.94. The summed E-state index contributed by atoms with van der Waals surface area (Å²) >= 11 is 6.28. The fourth-order valence-electron chi connectivity index (χ4n) is 2.45. The minimum Gasteiger partial charge on any atom is -0.423 e. The fraction of sp³-hybridized carbons (Fsp3) is 0.263. The van der Waals surface area contributed by atoms with E-state index in [4.69, 9.17) is 16.0 Å². The maximum atomic E-state index is 13.4. The smallest absolute Gasteiger partial charge is 0.300 e. The maximum Gasteiger partial charge on any atom is 0.300 e. The zero-order valence-electron chi connectivity index (χ0n) is 14.2. The normalized spacial score (nSPS) is 11.3. The molecule has 0 bridgehead atoms. The van der Waals surface area contributed by atoms with Crippen molar-refractivity contribution in [1.82, 2.24) is 4.98 Å². The van der Waals surface area contributed by atoms with E-state index in [1.807, 2.05) is 20.8 Å². The number of benzene rings is 2. The molecular weight excluding hydrogens is 343 g/mol. The molecule has 0 saturated carbocycles. The van der Waals surface area contributed by atoms with E-state index in [1.54, 1.807) is 18.2 Å². The Labute approximate surface area is 150 Å². The summed E-state index contributed by atoms with van der Waals surface area (Å²) < 4.78 is 19.1. The van der Waals surface area contributed by atoms with Crippen LogP contribution in [0, 0.1) is 18.7 Å². The van der Waals surface area contributed by atoms with E-state index < -0.39 is 0 Å². The number of ketones is 1. The zero-order valence-corrected chi connectivity index (χ0v) is 14.9. The molecular formula is C19H18ClFN2O2. The Morgan fingerprint density at radius 3 is 2.80 bits per heavy atom. The summed E-state index contributed by atoms with van der Waals surface area (Å²) in [6, 6.07) is 8.14. The van der Waals surface area contributed by atoms with Crippen LogP contribution >= 0.6 is 11.6 Å². The Balaban J connectivity index is 1.93. The van der Waals surface area contributed by atoms with Gasteiger partial charge in [-0.25, -0.2) is 4.39 Å². The van der Waals surface area contributed by atoms with E-state index in [-0.39, 0.29) is 23.5 Å². The molecule has 6 heteroatoms. The van der Waals surface area contributed by atoms with Crippen LogP contribution in [0.4, 0.5) is 16.1 Å². The van der Waals surface area contributed by atoms with Crippen LogP contribution < -0.4 is 5.32 Å². The van der Waals surface area contributed by atoms with Gasteiger partial charge in [0.05, 0.1) is 5.02 Å². The summed E-state index contributed by atoms with van der Waals surface area (Å²) in [4.78, 5) is 16.3. The molecule has 0 spiro atoms. The highest BCUT2D eigenvalue weighted by atomic mass is 35.5. The lowest BCUT2D eigenvalue weighted by molar-refractivity contribution is -0.121. The average molecular weight is 361 g/mol. The summed E-state index contributed by atoms with van der Waals surface area (Å²) in [6.45, 7) is 5.58. The Hall–Kier alpha value is -2.40. The standard InChI is InChI=1S/C19H18ClFN2O2/c1-10(2)16(24)7-12-6-14(20)18-17(8-12)25-19(23-18)22-15-9-13(21)5-4-11(15)3/h4-6,8-10H,7H2,1-3H3,(H,22,23). The van der Waals surface area contributed by atoms with Gasteiger partial charge in [-0.05, 0) is 42.3 Å². The number of carbonyl (C=O) groups is 1. The number of aryl methyl sites for hydroxylation is 1. The fourth-order valence-corrected chi connectivity index (χ4v) is 2.72. The summed E-state index contributed by atoms with van der Waals surface area (Å²) in [7, 11) is 0. The third-order valence-electron chi connectivity index (χ3n) is 3.97. The van der Waals surface area contributed by atoms with Crippen LogP contribution in [0.3, 0.4) is 0 Å². The molecule has 1 heterocycles. The first-order chi connectivity index (χ1) is 11.8. The molecule has 0 radical (unpaired) electrons. The number of hydrogen-bond donors (Lipinski definition) is 1. The van der Waals surface area contributed by atoms with E-state index in [0.717, 1.165) is 11.1 Å². The number of aromatic nitrogens is 1. The SMILES string of the molecule is Cc1ccc(F)cc1Nc1nc2c(Cl)cc(CC(=O)C(C)C)cc2o1. The molecule has 0 saturated heterocycles. The minimum atomic E-state index is -0.350. The first kappa shape index (κ1) is 17.4. The highest BCUT2D eigenvalue weighted by Gasteiger charge is 2.15. The maximum absolute atomic E-state index is 13.4. The first-order valence-corrected chi connectivity index (χ1v) is 8.36. The van der Waals surface area contributed by atoms with E-state index in [0.29, 0.717) is 28.2 Å². The number of fused-ring (bicyclic) bond motifs is 1. The molecule has 0 aliphatic rings. The van der Waals surface area contributed by atoms with Gasteiger partial charge in [0.25, 0.3) is 6.01 Å². The van der Waals surface area contributed by atoms with Gasteiger partial charge in [-0.2, -0.15) is 4.98 Å². The molecule has 0 unspecified atom stereocenters. The van der Waals surface area contributed by atoms with Crippen molar-refractivity contribution < 1.29 is 13.6 Å². The Bertz CT molecular complexity index is 950. The second-order valence-electron chi connectivity index (χ2n) is 6.33. The second-order valence-corrected chi connectivity index (χ2v) is 6.73. The van der Waals surface area contributed by atoms with Gasteiger partial charge < -0.3 is 9.73 Å². The number of carbonyl (C=O) groups excluding carboxylic acids is 1. The molecule has 4 nitrogen and oxygen atoms in total. The molecule has 0 fully saturated rings. The minimum absolute atomic E-state index is 0.0441. The molecule has 2 aromatic carbocycles. The molecule has 0 aliphatic heterocycles. The Morgan fingerprint density at radius 2 is 2.08 bits per heavy atom. The second kappa shape index (κ2) is 6.84. The lowest BCUT2D eigenvalue weighted by Crippen LogP contribution is -2.10. The molecule has 3 aromatic rings. The summed E-state index contributed by atoms with van der Waals surface area (Å²) in [5.41, 5.74) is 3.19. The third-order valence-corrected chi connectivity index (χ3v) is 4.26. The quantitative estimate of drug-likeness (QED) is 0.658. The van der Waals surface area contributed by atoms with Crippen LogP contribution in [0.5, 0.6) is 0 Å². The van der Waals surface area contributed by atoms with Crippen molar-refractivity contribution in [3.63, 3.8) is 0 Å². The van der Waals surface area contributed by atoms with E-state index in [1.165, 1.54) is 12.1 Å². The van der Waals surface area contributed by atoms with Crippen molar-refractivity contribution in [3.8, 4) is 0 Å². The van der Waals surface area contributed by atoms with Crippen molar-refractivity contribution in [2.24, 2.45) is 5.92 Å². The van der Waals surface area contributed by atoms with Gasteiger partial charge in [0.15, 0.2) is 5.58 Å². The lowest BCUT2D eigenvalue weighted by Gasteiger charge is -2.05. The molecule has 0 aliphatic carbocycles. The van der Waals surface area contributed by atoms with Crippen LogP contribution in [-0.4, -0.2) is 10.8 Å². The largest absolute Gasteiger partial charge is 0.423 e. The van der Waals surface area contributed by atoms with Gasteiger partial charge in [-0.15, -0.1) is 0 Å². The summed E-state index contributed by atoms with van der Waals surface area (Å²) in [5, 5.41) is 3.38. The number of anilines is 2. The molecule has 0 amide bonds. The van der Waals surface area contributed by atoms with Crippen molar-refractivity contribution in [2.75, 3.05) is 5.32 Å². The van der Waals surface area contributed by atoms with Crippen molar-refractivity contribution in [2.45, 2.75) is 27.2 Å². The number of halogens is 2. The zero-order chi connectivity index (χ0) is 18.1. The van der Waals surface area contributed by atoms with E-state index in [9.17, 15) is 9.18 Å². The van der Waals surface area contributed by atoms with Crippen LogP contribution in [0.15, 0.2) is 34.7 Å². The number of rotatable bonds is 5. The van der Waals surface area contributed by atoms with Crippen molar-refractivity contribution in [3.05, 3.63) is 52.3 Å². The van der Waals surface area contributed by atoms with Crippen molar-refractivity contribution in [1.29, 1.82) is 0 Å². The van der Waals surface area contributed by atoms with Gasteiger partial charge in [0.1, 0.15) is 17.1 Å². The van der Waals surface area contributed by atoms with Gasteiger partial charge in [0, 0.05) is 18.0 Å². The van der Waals surface area contributed by atoms with E-state index >= 15 is 0 Å². The monoisotopic (exact) mass is 360 g/mol. The summed E-state index contributed by atoms with van der Waals surface area (Å²) in [6.07, 6.45) is 0.291. The molecule has 3 rings (SSSR count). The number of hydrogen-bond acceptors (Lipinski definition) is 4. The van der Waals surface area contributed by atoms with E-state index in [2.05, 4.69) is 10.3 Å². The molecule has 1 N–H and O–H groups in total. The van der Waals surface area contributed by atoms with Gasteiger partial charge in [-0.1, -0.05) is 31.5 Å². The number of nitrogens with zero attached hydrogens (tertiary/aromatic N) is 1. The highest BCUT2D eigenvalue weighted by molar-refractivity contribution is 6.35. The molecule has 1 aromatic heterocycles. The predicted molar refractivity (Wildman–Crippen MR) is 97.0 cm³/mol. The van der Waals surface area contributed by atoms with Gasteiger partial charge in [0.2, 0.25) is 0 Å². The van der Waals surface area contributed by atoms with Crippen molar-refractivity contribution >= 4 is 40.2 Å². The Morgan fingerprint density at radius 1 is 1.32 bits per heavy atom. The molecule has 25 heavy (non-hydrogen) atoms. The van der Waals surface area contributed by atoms with Gasteiger partial charge in [-0.3, -0.25) is 4.79 Å². The van der Waals surface area contributed by atoms with Crippen LogP contribution in [-0.2, 0) is 11.2 Å². The third kappa shape index (κ3) is 3.82. The van der Waals surface area contributed by atoms with Crippen LogP contribution in [0.2, 0.25) is 5.02 Å². The topological polar surface area (TPSA) is 55.1 Å². The lowest BCUT2D eigenvalue weighted by atomic mass is 10.0. The number of oxazole rings is 1. The van der Waals surface area contributed by atoms with Crippen LogP contribution in [0.25, 0.3) is 11.1 Å². The number of Topliss-reactive ketones (excluding diaryl/α,β-unsaturated/α-hetero) is 1.